The van der Waals surface area contributed by atoms with Crippen LogP contribution in [0.25, 0.3) is 0 Å². The van der Waals surface area contributed by atoms with Crippen LogP contribution in [0.5, 0.6) is 0 Å². The topological polar surface area (TPSA) is 35.2 Å². The summed E-state index contributed by atoms with van der Waals surface area (Å²) in [6.45, 7) is 6.19. The quantitative estimate of drug-likeness (QED) is 0.691. The Hall–Kier alpha value is -0.0800. The van der Waals surface area contributed by atoms with Crippen molar-refractivity contribution in [3.8, 4) is 0 Å². The summed E-state index contributed by atoms with van der Waals surface area (Å²) in [7, 11) is 0. The van der Waals surface area contributed by atoms with Crippen LogP contribution in [0.3, 0.4) is 0 Å². The Morgan fingerprint density at radius 3 is 2.50 bits per heavy atom. The third-order valence-electron chi connectivity index (χ3n) is 3.36. The van der Waals surface area contributed by atoms with Gasteiger partial charge in [0, 0.05) is 18.8 Å². The fraction of sp³-hybridized carbons (Fsp3) is 1.00. The second-order valence-corrected chi connectivity index (χ2v) is 4.91. The largest absolute Gasteiger partial charge is 0.381 e. The van der Waals surface area contributed by atoms with E-state index < -0.39 is 0 Å². The molecule has 14 heavy (non-hydrogen) atoms. The standard InChI is InChI=1S/C12H25NO/c1-3-9-14-10-8-12(13)6-4-11(2)5-7-12/h11H,3-10,13H2,1-2H3. The van der Waals surface area contributed by atoms with Crippen molar-refractivity contribution in [2.24, 2.45) is 11.7 Å². The fourth-order valence-corrected chi connectivity index (χ4v) is 2.11. The summed E-state index contributed by atoms with van der Waals surface area (Å²) in [5.74, 6) is 0.878. The molecule has 0 atom stereocenters. The van der Waals surface area contributed by atoms with Gasteiger partial charge in [-0.3, -0.25) is 0 Å². The van der Waals surface area contributed by atoms with Crippen molar-refractivity contribution in [2.45, 2.75) is 57.9 Å². The zero-order valence-corrected chi connectivity index (χ0v) is 9.72. The minimum absolute atomic E-state index is 0.0836. The molecule has 0 spiro atoms. The van der Waals surface area contributed by atoms with Gasteiger partial charge in [-0.15, -0.1) is 0 Å². The summed E-state index contributed by atoms with van der Waals surface area (Å²) in [5.41, 5.74) is 6.41. The molecule has 0 aromatic rings. The lowest BCUT2D eigenvalue weighted by molar-refractivity contribution is 0.101. The van der Waals surface area contributed by atoms with E-state index in [0.29, 0.717) is 0 Å². The second kappa shape index (κ2) is 5.72. The van der Waals surface area contributed by atoms with E-state index in [0.717, 1.165) is 32.0 Å². The summed E-state index contributed by atoms with van der Waals surface area (Å²) >= 11 is 0. The van der Waals surface area contributed by atoms with Crippen LogP contribution in [0.4, 0.5) is 0 Å². The number of hydrogen-bond acceptors (Lipinski definition) is 2. The van der Waals surface area contributed by atoms with E-state index in [9.17, 15) is 0 Å². The molecule has 84 valence electrons. The highest BCUT2D eigenvalue weighted by molar-refractivity contribution is 4.88. The monoisotopic (exact) mass is 199 g/mol. The van der Waals surface area contributed by atoms with Crippen molar-refractivity contribution in [3.05, 3.63) is 0 Å². The molecule has 2 nitrogen and oxygen atoms in total. The maximum Gasteiger partial charge on any atom is 0.0483 e. The zero-order chi connectivity index (χ0) is 10.4. The van der Waals surface area contributed by atoms with E-state index >= 15 is 0 Å². The van der Waals surface area contributed by atoms with E-state index in [1.165, 1.54) is 25.7 Å². The zero-order valence-electron chi connectivity index (χ0n) is 9.72. The lowest BCUT2D eigenvalue weighted by atomic mass is 9.76. The van der Waals surface area contributed by atoms with Gasteiger partial charge in [-0.2, -0.15) is 0 Å². The second-order valence-electron chi connectivity index (χ2n) is 4.91. The van der Waals surface area contributed by atoms with Gasteiger partial charge in [-0.25, -0.2) is 0 Å². The average molecular weight is 199 g/mol. The molecule has 1 rings (SSSR count). The molecule has 0 heterocycles. The molecular weight excluding hydrogens is 174 g/mol. The van der Waals surface area contributed by atoms with E-state index in [4.69, 9.17) is 10.5 Å². The molecule has 0 aromatic carbocycles. The van der Waals surface area contributed by atoms with Crippen molar-refractivity contribution >= 4 is 0 Å². The van der Waals surface area contributed by atoms with Gasteiger partial charge in [0.15, 0.2) is 0 Å². The highest BCUT2D eigenvalue weighted by atomic mass is 16.5. The minimum atomic E-state index is 0.0836. The van der Waals surface area contributed by atoms with Crippen molar-refractivity contribution < 1.29 is 4.74 Å². The molecule has 0 saturated heterocycles. The first-order valence-corrected chi connectivity index (χ1v) is 6.03. The smallest absolute Gasteiger partial charge is 0.0483 e. The number of rotatable bonds is 5. The Bertz CT molecular complexity index is 150. The molecule has 1 aliphatic rings. The van der Waals surface area contributed by atoms with Gasteiger partial charge >= 0.3 is 0 Å². The Labute approximate surface area is 88.2 Å². The Morgan fingerprint density at radius 2 is 1.93 bits per heavy atom. The molecule has 0 amide bonds. The molecular formula is C12H25NO. The van der Waals surface area contributed by atoms with Gasteiger partial charge < -0.3 is 10.5 Å². The van der Waals surface area contributed by atoms with Crippen LogP contribution in [0, 0.1) is 5.92 Å². The molecule has 0 radical (unpaired) electrons. The first-order valence-electron chi connectivity index (χ1n) is 6.03. The van der Waals surface area contributed by atoms with Crippen molar-refractivity contribution in [1.29, 1.82) is 0 Å². The molecule has 0 unspecified atom stereocenters. The Balaban J connectivity index is 2.15. The van der Waals surface area contributed by atoms with Gasteiger partial charge in [0.05, 0.1) is 0 Å². The van der Waals surface area contributed by atoms with Crippen LogP contribution in [-0.2, 0) is 4.74 Å². The first-order chi connectivity index (χ1) is 6.66. The summed E-state index contributed by atoms with van der Waals surface area (Å²) in [6, 6.07) is 0. The normalized spacial score (nSPS) is 33.2. The van der Waals surface area contributed by atoms with Crippen LogP contribution in [0.1, 0.15) is 52.4 Å². The lowest BCUT2D eigenvalue weighted by Gasteiger charge is -2.36. The van der Waals surface area contributed by atoms with Gasteiger partial charge in [-0.1, -0.05) is 13.8 Å². The summed E-state index contributed by atoms with van der Waals surface area (Å²) < 4.78 is 5.50. The SMILES string of the molecule is CCCOCCC1(N)CCC(C)CC1. The maximum atomic E-state index is 6.32. The molecule has 1 aliphatic carbocycles. The molecule has 0 bridgehead atoms. The van der Waals surface area contributed by atoms with Crippen molar-refractivity contribution in [1.82, 2.24) is 0 Å². The van der Waals surface area contributed by atoms with Crippen LogP contribution in [0.2, 0.25) is 0 Å². The van der Waals surface area contributed by atoms with Gasteiger partial charge in [-0.05, 0) is 44.4 Å². The van der Waals surface area contributed by atoms with Crippen LogP contribution in [-0.4, -0.2) is 18.8 Å². The molecule has 2 heteroatoms. The Kier molecular flexibility index (Phi) is 4.90. The highest BCUT2D eigenvalue weighted by Crippen LogP contribution is 2.32. The summed E-state index contributed by atoms with van der Waals surface area (Å²) in [4.78, 5) is 0. The van der Waals surface area contributed by atoms with Gasteiger partial charge in [0.25, 0.3) is 0 Å². The third kappa shape index (κ3) is 3.97. The van der Waals surface area contributed by atoms with E-state index in [1.54, 1.807) is 0 Å². The highest BCUT2D eigenvalue weighted by Gasteiger charge is 2.29. The van der Waals surface area contributed by atoms with E-state index in [2.05, 4.69) is 13.8 Å². The number of hydrogen-bond donors (Lipinski definition) is 1. The summed E-state index contributed by atoms with van der Waals surface area (Å²) in [5, 5.41) is 0. The lowest BCUT2D eigenvalue weighted by Crippen LogP contribution is -2.44. The first kappa shape index (κ1) is 12.0. The average Bonchev–Trinajstić information content (AvgIpc) is 2.18. The van der Waals surface area contributed by atoms with Gasteiger partial charge in [0.1, 0.15) is 0 Å². The van der Waals surface area contributed by atoms with Crippen molar-refractivity contribution in [2.75, 3.05) is 13.2 Å². The number of ether oxygens (including phenoxy) is 1. The molecule has 1 fully saturated rings. The van der Waals surface area contributed by atoms with Crippen molar-refractivity contribution in [3.63, 3.8) is 0 Å². The van der Waals surface area contributed by atoms with Crippen LogP contribution < -0.4 is 5.73 Å². The molecule has 0 aliphatic heterocycles. The van der Waals surface area contributed by atoms with E-state index in [1.807, 2.05) is 0 Å². The molecule has 2 N–H and O–H groups in total. The Morgan fingerprint density at radius 1 is 1.29 bits per heavy atom. The molecule has 1 saturated carbocycles. The predicted molar refractivity (Wildman–Crippen MR) is 60.3 cm³/mol. The maximum absolute atomic E-state index is 6.32. The molecule has 0 aromatic heterocycles. The third-order valence-corrected chi connectivity index (χ3v) is 3.36. The van der Waals surface area contributed by atoms with Crippen LogP contribution in [0.15, 0.2) is 0 Å². The van der Waals surface area contributed by atoms with Crippen LogP contribution >= 0.6 is 0 Å². The predicted octanol–water partition coefficient (Wildman–Crippen LogP) is 2.71. The fourth-order valence-electron chi connectivity index (χ4n) is 2.11. The number of nitrogens with two attached hydrogens (primary N) is 1. The van der Waals surface area contributed by atoms with E-state index in [-0.39, 0.29) is 5.54 Å². The van der Waals surface area contributed by atoms with Gasteiger partial charge in [0.2, 0.25) is 0 Å². The minimum Gasteiger partial charge on any atom is -0.381 e. The summed E-state index contributed by atoms with van der Waals surface area (Å²) in [6.07, 6.45) is 7.11.